The number of aromatic amines is 1. The number of fused-ring (bicyclic) bond motifs is 1. The Morgan fingerprint density at radius 2 is 2.09 bits per heavy atom. The third-order valence-corrected chi connectivity index (χ3v) is 6.37. The first-order valence-corrected chi connectivity index (χ1v) is 9.51. The predicted molar refractivity (Wildman–Crippen MR) is 80.2 cm³/mol. The minimum absolute atomic E-state index is 0.0404. The number of H-pyrrole nitrogens is 1. The van der Waals surface area contributed by atoms with Crippen molar-refractivity contribution >= 4 is 9.84 Å². The summed E-state index contributed by atoms with van der Waals surface area (Å²) in [6.45, 7) is 0. The Kier molecular flexibility index (Phi) is 3.31. The maximum Gasteiger partial charge on any atom is 0.278 e. The van der Waals surface area contributed by atoms with Crippen LogP contribution in [-0.4, -0.2) is 41.6 Å². The molecule has 4 rings (SSSR count). The van der Waals surface area contributed by atoms with E-state index in [2.05, 4.69) is 20.3 Å². The SMILES string of the molecule is COC1(c2noc(-c3n[nH]c4c3CS(=O)(=O)CC4)n2)CCCC1. The first kappa shape index (κ1) is 14.8. The second kappa shape index (κ2) is 5.13. The smallest absolute Gasteiger partial charge is 0.278 e. The summed E-state index contributed by atoms with van der Waals surface area (Å²) in [6, 6.07) is 0. The number of nitrogens with zero attached hydrogens (tertiary/aromatic N) is 3. The zero-order chi connectivity index (χ0) is 16.1. The lowest BCUT2D eigenvalue weighted by molar-refractivity contribution is -0.0178. The summed E-state index contributed by atoms with van der Waals surface area (Å²) in [7, 11) is -1.44. The summed E-state index contributed by atoms with van der Waals surface area (Å²) in [5.41, 5.74) is 1.41. The van der Waals surface area contributed by atoms with Gasteiger partial charge in [-0.3, -0.25) is 5.10 Å². The quantitative estimate of drug-likeness (QED) is 0.899. The molecule has 0 atom stereocenters. The van der Waals surface area contributed by atoms with E-state index in [1.807, 2.05) is 0 Å². The minimum atomic E-state index is -3.10. The van der Waals surface area contributed by atoms with Crippen LogP contribution in [0.4, 0.5) is 0 Å². The van der Waals surface area contributed by atoms with Crippen LogP contribution >= 0.6 is 0 Å². The van der Waals surface area contributed by atoms with Crippen LogP contribution in [0.25, 0.3) is 11.6 Å². The molecule has 2 aromatic heterocycles. The molecule has 9 heteroatoms. The molecule has 1 N–H and O–H groups in total. The van der Waals surface area contributed by atoms with E-state index < -0.39 is 15.4 Å². The second-order valence-electron chi connectivity index (χ2n) is 6.20. The van der Waals surface area contributed by atoms with Crippen LogP contribution in [0.5, 0.6) is 0 Å². The Labute approximate surface area is 133 Å². The number of hydrogen-bond donors (Lipinski definition) is 1. The highest BCUT2D eigenvalue weighted by Gasteiger charge is 2.41. The number of rotatable bonds is 3. The highest BCUT2D eigenvalue weighted by molar-refractivity contribution is 7.90. The molecule has 3 heterocycles. The molecule has 0 saturated heterocycles. The number of aromatic nitrogens is 4. The van der Waals surface area contributed by atoms with E-state index in [9.17, 15) is 8.42 Å². The number of nitrogens with one attached hydrogen (secondary N) is 1. The van der Waals surface area contributed by atoms with E-state index in [4.69, 9.17) is 9.26 Å². The molecule has 1 aliphatic heterocycles. The molecule has 0 amide bonds. The van der Waals surface area contributed by atoms with Gasteiger partial charge in [-0.15, -0.1) is 0 Å². The number of methoxy groups -OCH3 is 1. The summed E-state index contributed by atoms with van der Waals surface area (Å²) >= 11 is 0. The Morgan fingerprint density at radius 1 is 1.30 bits per heavy atom. The fraction of sp³-hybridized carbons (Fsp3) is 0.643. The molecule has 1 fully saturated rings. The Bertz CT molecular complexity index is 833. The van der Waals surface area contributed by atoms with Crippen molar-refractivity contribution in [3.8, 4) is 11.6 Å². The molecule has 23 heavy (non-hydrogen) atoms. The molecule has 0 aromatic carbocycles. The van der Waals surface area contributed by atoms with Gasteiger partial charge in [-0.1, -0.05) is 5.16 Å². The van der Waals surface area contributed by atoms with Crippen LogP contribution in [0, 0.1) is 0 Å². The summed E-state index contributed by atoms with van der Waals surface area (Å²) in [6.07, 6.45) is 4.28. The van der Waals surface area contributed by atoms with Gasteiger partial charge in [0.05, 0.1) is 11.5 Å². The lowest BCUT2D eigenvalue weighted by Gasteiger charge is -2.22. The maximum atomic E-state index is 11.9. The van der Waals surface area contributed by atoms with Gasteiger partial charge in [0.2, 0.25) is 5.82 Å². The van der Waals surface area contributed by atoms with Crippen LogP contribution in [0.3, 0.4) is 0 Å². The molecule has 0 radical (unpaired) electrons. The molecule has 2 aromatic rings. The molecule has 1 saturated carbocycles. The van der Waals surface area contributed by atoms with Crippen molar-refractivity contribution in [2.45, 2.75) is 43.5 Å². The van der Waals surface area contributed by atoms with E-state index >= 15 is 0 Å². The average Bonchev–Trinajstić information content (AvgIpc) is 3.24. The van der Waals surface area contributed by atoms with Gasteiger partial charge in [-0.25, -0.2) is 8.42 Å². The van der Waals surface area contributed by atoms with Gasteiger partial charge < -0.3 is 9.26 Å². The van der Waals surface area contributed by atoms with E-state index in [1.54, 1.807) is 7.11 Å². The lowest BCUT2D eigenvalue weighted by Crippen LogP contribution is -2.25. The molecule has 1 aliphatic carbocycles. The molecule has 124 valence electrons. The first-order chi connectivity index (χ1) is 11.0. The Morgan fingerprint density at radius 3 is 2.83 bits per heavy atom. The zero-order valence-corrected chi connectivity index (χ0v) is 13.6. The second-order valence-corrected chi connectivity index (χ2v) is 8.38. The van der Waals surface area contributed by atoms with Crippen LogP contribution in [0.2, 0.25) is 0 Å². The van der Waals surface area contributed by atoms with Crippen LogP contribution in [0.15, 0.2) is 4.52 Å². The van der Waals surface area contributed by atoms with E-state index in [-0.39, 0.29) is 17.4 Å². The monoisotopic (exact) mass is 338 g/mol. The first-order valence-electron chi connectivity index (χ1n) is 7.69. The molecule has 0 unspecified atom stereocenters. The number of aryl methyl sites for hydroxylation is 1. The molecular formula is C14H18N4O4S. The van der Waals surface area contributed by atoms with Crippen molar-refractivity contribution in [2.24, 2.45) is 0 Å². The lowest BCUT2D eigenvalue weighted by atomic mass is 10.0. The van der Waals surface area contributed by atoms with Crippen molar-refractivity contribution in [3.63, 3.8) is 0 Å². The summed E-state index contributed by atoms with van der Waals surface area (Å²) in [4.78, 5) is 4.45. The Hall–Kier alpha value is -1.74. The van der Waals surface area contributed by atoms with E-state index in [0.717, 1.165) is 31.4 Å². The normalized spacial score (nSPS) is 22.1. The van der Waals surface area contributed by atoms with Crippen LogP contribution in [-0.2, 0) is 32.3 Å². The van der Waals surface area contributed by atoms with E-state index in [0.29, 0.717) is 23.5 Å². The highest BCUT2D eigenvalue weighted by atomic mass is 32.2. The molecule has 0 bridgehead atoms. The number of hydrogen-bond acceptors (Lipinski definition) is 7. The maximum absolute atomic E-state index is 11.9. The topological polar surface area (TPSA) is 111 Å². The summed E-state index contributed by atoms with van der Waals surface area (Å²) < 4.78 is 34.8. The fourth-order valence-corrected chi connectivity index (χ4v) is 4.87. The molecular weight excluding hydrogens is 320 g/mol. The van der Waals surface area contributed by atoms with Crippen molar-refractivity contribution in [1.29, 1.82) is 0 Å². The van der Waals surface area contributed by atoms with Gasteiger partial charge >= 0.3 is 0 Å². The third kappa shape index (κ3) is 2.38. The zero-order valence-electron chi connectivity index (χ0n) is 12.8. The molecule has 8 nitrogen and oxygen atoms in total. The Balaban J connectivity index is 1.72. The van der Waals surface area contributed by atoms with Crippen molar-refractivity contribution in [1.82, 2.24) is 20.3 Å². The third-order valence-electron chi connectivity index (χ3n) is 4.82. The largest absolute Gasteiger partial charge is 0.370 e. The van der Waals surface area contributed by atoms with E-state index in [1.165, 1.54) is 0 Å². The molecule has 2 aliphatic rings. The fourth-order valence-electron chi connectivity index (χ4n) is 3.46. The van der Waals surface area contributed by atoms with Gasteiger partial charge in [0.15, 0.2) is 15.5 Å². The minimum Gasteiger partial charge on any atom is -0.370 e. The van der Waals surface area contributed by atoms with Crippen molar-refractivity contribution in [2.75, 3.05) is 12.9 Å². The highest BCUT2D eigenvalue weighted by Crippen LogP contribution is 2.41. The average molecular weight is 338 g/mol. The van der Waals surface area contributed by atoms with Gasteiger partial charge in [0.1, 0.15) is 5.60 Å². The van der Waals surface area contributed by atoms with Gasteiger partial charge in [0, 0.05) is 24.8 Å². The van der Waals surface area contributed by atoms with Crippen LogP contribution < -0.4 is 0 Å². The van der Waals surface area contributed by atoms with Crippen molar-refractivity contribution < 1.29 is 17.7 Å². The van der Waals surface area contributed by atoms with Gasteiger partial charge in [0.25, 0.3) is 5.89 Å². The summed E-state index contributed by atoms with van der Waals surface area (Å²) in [5.74, 6) is 0.867. The molecule has 0 spiro atoms. The van der Waals surface area contributed by atoms with Gasteiger partial charge in [-0.05, 0) is 25.7 Å². The summed E-state index contributed by atoms with van der Waals surface area (Å²) in [5, 5.41) is 11.2. The number of ether oxygens (including phenoxy) is 1. The predicted octanol–water partition coefficient (Wildman–Crippen LogP) is 1.35. The van der Waals surface area contributed by atoms with Crippen molar-refractivity contribution in [3.05, 3.63) is 17.1 Å². The van der Waals surface area contributed by atoms with Gasteiger partial charge in [-0.2, -0.15) is 10.1 Å². The number of sulfone groups is 1. The standard InChI is InChI=1S/C14H18N4O4S/c1-21-14(5-2-3-6-14)13-15-12(22-18-13)11-9-8-23(19,20)7-4-10(9)16-17-11/h2-8H2,1H3,(H,16,17). The van der Waals surface area contributed by atoms with Crippen LogP contribution in [0.1, 0.15) is 42.8 Å².